The first-order valence-electron chi connectivity index (χ1n) is 18.2. The fourth-order valence-electron chi connectivity index (χ4n) is 7.74. The van der Waals surface area contributed by atoms with E-state index in [0.29, 0.717) is 50.3 Å². The zero-order valence-corrected chi connectivity index (χ0v) is 32.3. The molecule has 1 aromatic heterocycles. The summed E-state index contributed by atoms with van der Waals surface area (Å²) >= 11 is 0. The SMILES string of the molecule is CC.CC.COC(=O)c1ccc(C2CC3(CCN2Cc2c(OC)cc(C)c4c2ccn4C(=O)OC(C)(C)C)CC(F)(F)C3)c(N2CC(OC)C2)c1. The molecule has 1 spiro atoms. The molecule has 0 bridgehead atoms. The third-order valence-corrected chi connectivity index (χ3v) is 10.00. The number of carbonyl (C=O) groups is 2. The molecule has 11 heteroatoms. The van der Waals surface area contributed by atoms with Gasteiger partial charge in [-0.15, -0.1) is 0 Å². The standard InChI is InChI=1S/C36H45F2N3O6.2C2H6/c1-22-14-30(45-6)27(25-10-12-41(31(22)25)33(43)47-34(2,3)4)19-39-13-11-35(20-36(37,38)21-35)16-29(39)26-9-8-23(32(42)46-7)15-28(26)40-17-24(18-40)44-5;2*1-2/h8-10,12,14-15,24,29H,11,13,16-21H2,1-7H3;2*1-2H3. The van der Waals surface area contributed by atoms with Crippen LogP contribution in [0.4, 0.5) is 19.3 Å². The van der Waals surface area contributed by atoms with Gasteiger partial charge in [-0.2, -0.15) is 0 Å². The van der Waals surface area contributed by atoms with Gasteiger partial charge in [-0.25, -0.2) is 18.4 Å². The molecule has 2 aliphatic heterocycles. The Balaban J connectivity index is 0.00000141. The van der Waals surface area contributed by atoms with Crippen LogP contribution in [0.3, 0.4) is 0 Å². The van der Waals surface area contributed by atoms with Crippen molar-refractivity contribution >= 4 is 28.7 Å². The third-order valence-electron chi connectivity index (χ3n) is 10.00. The summed E-state index contributed by atoms with van der Waals surface area (Å²) in [6.07, 6.45) is 2.31. The minimum absolute atomic E-state index is 0.0721. The quantitative estimate of drug-likeness (QED) is 0.224. The van der Waals surface area contributed by atoms with Crippen molar-refractivity contribution in [3.63, 3.8) is 0 Å². The average Bonchev–Trinajstić information content (AvgIpc) is 3.52. The number of likely N-dealkylation sites (tertiary alicyclic amines) is 1. The van der Waals surface area contributed by atoms with Crippen LogP contribution in [-0.4, -0.2) is 80.1 Å². The molecule has 3 aromatic rings. The molecule has 0 radical (unpaired) electrons. The molecule has 51 heavy (non-hydrogen) atoms. The van der Waals surface area contributed by atoms with Gasteiger partial charge in [-0.3, -0.25) is 9.47 Å². The first-order valence-corrected chi connectivity index (χ1v) is 18.2. The van der Waals surface area contributed by atoms with Crippen molar-refractivity contribution in [1.82, 2.24) is 9.47 Å². The molecule has 3 aliphatic rings. The lowest BCUT2D eigenvalue weighted by atomic mass is 9.58. The van der Waals surface area contributed by atoms with Crippen molar-refractivity contribution in [3.05, 3.63) is 58.8 Å². The van der Waals surface area contributed by atoms with E-state index in [4.69, 9.17) is 18.9 Å². The van der Waals surface area contributed by atoms with Crippen molar-refractivity contribution in [2.24, 2.45) is 5.41 Å². The number of aryl methyl sites for hydroxylation is 1. The number of hydrogen-bond acceptors (Lipinski definition) is 8. The largest absolute Gasteiger partial charge is 0.496 e. The summed E-state index contributed by atoms with van der Waals surface area (Å²) in [5.74, 6) is -2.39. The molecule has 9 nitrogen and oxygen atoms in total. The molecule has 1 saturated carbocycles. The lowest BCUT2D eigenvalue weighted by Crippen LogP contribution is -2.54. The Bertz CT molecular complexity index is 1680. The minimum Gasteiger partial charge on any atom is -0.496 e. The number of rotatable bonds is 7. The minimum atomic E-state index is -2.65. The topological polar surface area (TPSA) is 82.5 Å². The van der Waals surface area contributed by atoms with Crippen molar-refractivity contribution in [2.45, 2.75) is 111 Å². The fourth-order valence-corrected chi connectivity index (χ4v) is 7.74. The van der Waals surface area contributed by atoms with Gasteiger partial charge in [-0.05, 0) is 87.9 Å². The number of fused-ring (bicyclic) bond motifs is 1. The molecule has 3 fully saturated rings. The summed E-state index contributed by atoms with van der Waals surface area (Å²) in [5.41, 5.74) is 3.71. The molecule has 1 aliphatic carbocycles. The number of halogens is 2. The van der Waals surface area contributed by atoms with E-state index in [1.54, 1.807) is 26.5 Å². The normalized spacial score (nSPS) is 19.5. The van der Waals surface area contributed by atoms with E-state index in [1.165, 1.54) is 11.7 Å². The Labute approximate surface area is 302 Å². The van der Waals surface area contributed by atoms with Crippen LogP contribution >= 0.6 is 0 Å². The molecule has 1 atom stereocenters. The van der Waals surface area contributed by atoms with Gasteiger partial charge in [0.2, 0.25) is 5.92 Å². The number of hydrogen-bond donors (Lipinski definition) is 0. The van der Waals surface area contributed by atoms with Crippen LogP contribution < -0.4 is 9.64 Å². The number of nitrogens with zero attached hydrogens (tertiary/aromatic N) is 3. The van der Waals surface area contributed by atoms with Gasteiger partial charge in [0.1, 0.15) is 11.4 Å². The van der Waals surface area contributed by atoms with Gasteiger partial charge < -0.3 is 23.8 Å². The van der Waals surface area contributed by atoms with Gasteiger partial charge in [0.05, 0.1) is 31.4 Å². The van der Waals surface area contributed by atoms with E-state index in [-0.39, 0.29) is 25.0 Å². The number of carbonyl (C=O) groups excluding carboxylic acids is 2. The molecule has 1 unspecified atom stereocenters. The summed E-state index contributed by atoms with van der Waals surface area (Å²) < 4.78 is 52.6. The van der Waals surface area contributed by atoms with Crippen molar-refractivity contribution in [1.29, 1.82) is 0 Å². The number of methoxy groups -OCH3 is 3. The number of benzene rings is 2. The molecule has 6 rings (SSSR count). The number of alkyl halides is 2. The molecule has 3 heterocycles. The number of anilines is 1. The number of esters is 1. The second-order valence-electron chi connectivity index (χ2n) is 14.5. The van der Waals surface area contributed by atoms with Gasteiger partial charge in [0.25, 0.3) is 0 Å². The van der Waals surface area contributed by atoms with Crippen molar-refractivity contribution < 1.29 is 37.3 Å². The maximum absolute atomic E-state index is 14.4. The molecule has 2 saturated heterocycles. The Kier molecular flexibility index (Phi) is 12.5. The lowest BCUT2D eigenvalue weighted by molar-refractivity contribution is -0.186. The van der Waals surface area contributed by atoms with Crippen LogP contribution in [0.1, 0.15) is 107 Å². The Hall–Kier alpha value is -3.70. The lowest BCUT2D eigenvalue weighted by Gasteiger charge is -2.55. The summed E-state index contributed by atoms with van der Waals surface area (Å²) in [6, 6.07) is 9.21. The van der Waals surface area contributed by atoms with E-state index in [2.05, 4.69) is 9.80 Å². The van der Waals surface area contributed by atoms with Crippen LogP contribution in [0.2, 0.25) is 0 Å². The number of piperidine rings is 1. The van der Waals surface area contributed by atoms with Crippen LogP contribution in [0, 0.1) is 12.3 Å². The molecule has 282 valence electrons. The van der Waals surface area contributed by atoms with Gasteiger partial charge in [0.15, 0.2) is 0 Å². The van der Waals surface area contributed by atoms with Gasteiger partial charge in [-0.1, -0.05) is 33.8 Å². The molecule has 0 N–H and O–H groups in total. The monoisotopic (exact) mass is 713 g/mol. The first kappa shape index (κ1) is 40.1. The highest BCUT2D eigenvalue weighted by Gasteiger charge is 2.58. The first-order chi connectivity index (χ1) is 24.2. The number of ether oxygens (including phenoxy) is 4. The molecular formula is C40H57F2N3O6. The average molecular weight is 714 g/mol. The van der Waals surface area contributed by atoms with Crippen molar-refractivity contribution in [3.8, 4) is 5.75 Å². The summed E-state index contributed by atoms with van der Waals surface area (Å²) in [6.45, 7) is 17.8. The predicted molar refractivity (Wildman–Crippen MR) is 197 cm³/mol. The second kappa shape index (κ2) is 15.9. The zero-order valence-electron chi connectivity index (χ0n) is 32.3. The maximum Gasteiger partial charge on any atom is 0.419 e. The van der Waals surface area contributed by atoms with E-state index < -0.39 is 29.0 Å². The maximum atomic E-state index is 14.4. The van der Waals surface area contributed by atoms with Crippen LogP contribution in [-0.2, 0) is 20.8 Å². The van der Waals surface area contributed by atoms with Crippen LogP contribution in [0.5, 0.6) is 5.75 Å². The Morgan fingerprint density at radius 2 is 1.65 bits per heavy atom. The Morgan fingerprint density at radius 3 is 2.22 bits per heavy atom. The van der Waals surface area contributed by atoms with E-state index in [1.807, 2.05) is 79.7 Å². The zero-order chi connectivity index (χ0) is 37.9. The van der Waals surface area contributed by atoms with Gasteiger partial charge in [0, 0.05) is 68.5 Å². The fraction of sp³-hybridized carbons (Fsp3) is 0.600. The van der Waals surface area contributed by atoms with E-state index >= 15 is 0 Å². The van der Waals surface area contributed by atoms with Crippen LogP contribution in [0.25, 0.3) is 10.9 Å². The highest BCUT2D eigenvalue weighted by atomic mass is 19.3. The van der Waals surface area contributed by atoms with E-state index in [0.717, 1.165) is 33.3 Å². The summed E-state index contributed by atoms with van der Waals surface area (Å²) in [4.78, 5) is 30.3. The smallest absolute Gasteiger partial charge is 0.419 e. The number of aromatic nitrogens is 1. The predicted octanol–water partition coefficient (Wildman–Crippen LogP) is 9.17. The summed E-state index contributed by atoms with van der Waals surface area (Å²) in [5, 5.41) is 0.869. The van der Waals surface area contributed by atoms with Crippen molar-refractivity contribution in [2.75, 3.05) is 45.9 Å². The molecular weight excluding hydrogens is 656 g/mol. The summed E-state index contributed by atoms with van der Waals surface area (Å²) in [7, 11) is 4.67. The highest BCUT2D eigenvalue weighted by molar-refractivity contribution is 5.95. The highest BCUT2D eigenvalue weighted by Crippen LogP contribution is 2.61. The second-order valence-corrected chi connectivity index (χ2v) is 14.5. The van der Waals surface area contributed by atoms with E-state index in [9.17, 15) is 18.4 Å². The molecule has 2 aromatic carbocycles. The molecule has 0 amide bonds. The van der Waals surface area contributed by atoms with Crippen LogP contribution in [0.15, 0.2) is 36.5 Å². The van der Waals surface area contributed by atoms with Gasteiger partial charge >= 0.3 is 12.1 Å². The third kappa shape index (κ3) is 8.35. The Morgan fingerprint density at radius 1 is 0.980 bits per heavy atom.